The molecule has 0 aliphatic carbocycles. The number of hydrogen-bond acceptors (Lipinski definition) is 3. The van der Waals surface area contributed by atoms with Crippen LogP contribution in [0.3, 0.4) is 0 Å². The second kappa shape index (κ2) is 5.72. The molecule has 0 saturated heterocycles. The molecule has 0 heterocycles. The number of carbonyl (C=O) groups excluding carboxylic acids is 1. The van der Waals surface area contributed by atoms with Crippen molar-refractivity contribution in [2.75, 3.05) is 13.7 Å². The summed E-state index contributed by atoms with van der Waals surface area (Å²) >= 11 is 0. The first-order chi connectivity index (χ1) is 6.85. The summed E-state index contributed by atoms with van der Waals surface area (Å²) < 4.78 is 5.01. The van der Waals surface area contributed by atoms with E-state index in [0.717, 1.165) is 0 Å². The van der Waals surface area contributed by atoms with Crippen LogP contribution in [-0.2, 0) is 9.53 Å². The Kier molecular flexibility index (Phi) is 5.31. The van der Waals surface area contributed by atoms with E-state index >= 15 is 0 Å². The SMILES string of the molecule is COCC(NC(=O)C(C)(C)C#N)C(C)C. The van der Waals surface area contributed by atoms with Crippen molar-refractivity contribution in [3.05, 3.63) is 0 Å². The van der Waals surface area contributed by atoms with E-state index in [1.807, 2.05) is 19.9 Å². The molecule has 1 unspecified atom stereocenters. The average Bonchev–Trinajstić information content (AvgIpc) is 2.16. The molecular formula is C11H20N2O2. The zero-order chi connectivity index (χ0) is 12.1. The van der Waals surface area contributed by atoms with Gasteiger partial charge in [-0.15, -0.1) is 0 Å². The Morgan fingerprint density at radius 2 is 2.07 bits per heavy atom. The van der Waals surface area contributed by atoms with Crippen molar-refractivity contribution in [1.82, 2.24) is 5.32 Å². The summed E-state index contributed by atoms with van der Waals surface area (Å²) in [6.45, 7) is 7.68. The maximum atomic E-state index is 11.7. The van der Waals surface area contributed by atoms with Gasteiger partial charge in [0.1, 0.15) is 5.41 Å². The van der Waals surface area contributed by atoms with Gasteiger partial charge in [0, 0.05) is 7.11 Å². The molecule has 0 bridgehead atoms. The topological polar surface area (TPSA) is 62.1 Å². The van der Waals surface area contributed by atoms with E-state index in [2.05, 4.69) is 5.32 Å². The van der Waals surface area contributed by atoms with E-state index in [-0.39, 0.29) is 17.9 Å². The zero-order valence-corrected chi connectivity index (χ0v) is 10.1. The van der Waals surface area contributed by atoms with E-state index in [9.17, 15) is 4.79 Å². The van der Waals surface area contributed by atoms with Gasteiger partial charge in [-0.05, 0) is 19.8 Å². The van der Waals surface area contributed by atoms with Crippen molar-refractivity contribution in [3.63, 3.8) is 0 Å². The Morgan fingerprint density at radius 1 is 1.53 bits per heavy atom. The molecule has 0 fully saturated rings. The number of rotatable bonds is 5. The maximum absolute atomic E-state index is 11.7. The van der Waals surface area contributed by atoms with Gasteiger partial charge >= 0.3 is 0 Å². The number of carbonyl (C=O) groups is 1. The number of hydrogen-bond donors (Lipinski definition) is 1. The van der Waals surface area contributed by atoms with Gasteiger partial charge in [0.05, 0.1) is 18.7 Å². The van der Waals surface area contributed by atoms with Gasteiger partial charge in [0.25, 0.3) is 0 Å². The van der Waals surface area contributed by atoms with Crippen LogP contribution in [0.2, 0.25) is 0 Å². The standard InChI is InChI=1S/C11H20N2O2/c1-8(2)9(6-15-5)13-10(14)11(3,4)7-12/h8-9H,6H2,1-5H3,(H,13,14). The highest BCUT2D eigenvalue weighted by Crippen LogP contribution is 2.14. The van der Waals surface area contributed by atoms with Gasteiger partial charge in [-0.3, -0.25) is 4.79 Å². The van der Waals surface area contributed by atoms with Gasteiger partial charge in [0.2, 0.25) is 5.91 Å². The summed E-state index contributed by atoms with van der Waals surface area (Å²) in [5, 5.41) is 11.6. The summed E-state index contributed by atoms with van der Waals surface area (Å²) in [4.78, 5) is 11.7. The van der Waals surface area contributed by atoms with Gasteiger partial charge in [-0.2, -0.15) is 5.26 Å². The minimum Gasteiger partial charge on any atom is -0.383 e. The van der Waals surface area contributed by atoms with Gasteiger partial charge in [0.15, 0.2) is 0 Å². The molecule has 0 aromatic carbocycles. The number of amides is 1. The Balaban J connectivity index is 4.43. The van der Waals surface area contributed by atoms with Crippen LogP contribution in [0.25, 0.3) is 0 Å². The Morgan fingerprint density at radius 3 is 2.40 bits per heavy atom. The summed E-state index contributed by atoms with van der Waals surface area (Å²) in [6, 6.07) is 1.93. The average molecular weight is 212 g/mol. The summed E-state index contributed by atoms with van der Waals surface area (Å²) in [7, 11) is 1.59. The quantitative estimate of drug-likeness (QED) is 0.747. The molecule has 0 spiro atoms. The predicted octanol–water partition coefficient (Wildman–Crippen LogP) is 1.32. The first kappa shape index (κ1) is 13.9. The molecule has 0 aliphatic heterocycles. The second-order valence-electron chi connectivity index (χ2n) is 4.52. The Bertz CT molecular complexity index is 254. The van der Waals surface area contributed by atoms with Crippen molar-refractivity contribution >= 4 is 5.91 Å². The molecule has 1 N–H and O–H groups in total. The third kappa shape index (κ3) is 4.30. The number of methoxy groups -OCH3 is 1. The minimum absolute atomic E-state index is 0.0462. The van der Waals surface area contributed by atoms with Crippen LogP contribution in [0.4, 0.5) is 0 Å². The third-order valence-electron chi connectivity index (χ3n) is 2.31. The molecule has 86 valence electrons. The lowest BCUT2D eigenvalue weighted by Crippen LogP contribution is -2.46. The highest BCUT2D eigenvalue weighted by Gasteiger charge is 2.29. The summed E-state index contributed by atoms with van der Waals surface area (Å²) in [6.07, 6.45) is 0. The van der Waals surface area contributed by atoms with Crippen molar-refractivity contribution in [2.45, 2.75) is 33.7 Å². The molecule has 1 amide bonds. The third-order valence-corrected chi connectivity index (χ3v) is 2.31. The molecular weight excluding hydrogens is 192 g/mol. The summed E-state index contributed by atoms with van der Waals surface area (Å²) in [5.74, 6) is 0.0316. The van der Waals surface area contributed by atoms with E-state index in [0.29, 0.717) is 6.61 Å². The van der Waals surface area contributed by atoms with Crippen LogP contribution < -0.4 is 5.32 Å². The fraction of sp³-hybridized carbons (Fsp3) is 0.818. The Labute approximate surface area is 91.6 Å². The normalized spacial score (nSPS) is 13.4. The van der Waals surface area contributed by atoms with Crippen LogP contribution in [-0.4, -0.2) is 25.7 Å². The molecule has 0 aromatic rings. The van der Waals surface area contributed by atoms with Gasteiger partial charge in [-0.1, -0.05) is 13.8 Å². The molecule has 0 aromatic heterocycles. The lowest BCUT2D eigenvalue weighted by molar-refractivity contribution is -0.128. The first-order valence-corrected chi connectivity index (χ1v) is 5.06. The first-order valence-electron chi connectivity index (χ1n) is 5.06. The number of nitrogens with one attached hydrogen (secondary N) is 1. The largest absolute Gasteiger partial charge is 0.383 e. The molecule has 4 nitrogen and oxygen atoms in total. The van der Waals surface area contributed by atoms with E-state index in [1.54, 1.807) is 21.0 Å². The van der Waals surface area contributed by atoms with Crippen LogP contribution in [0, 0.1) is 22.7 Å². The summed E-state index contributed by atoms with van der Waals surface area (Å²) in [5.41, 5.74) is -0.985. The second-order valence-corrected chi connectivity index (χ2v) is 4.52. The lowest BCUT2D eigenvalue weighted by atomic mass is 9.93. The van der Waals surface area contributed by atoms with Crippen LogP contribution in [0.15, 0.2) is 0 Å². The van der Waals surface area contributed by atoms with Crippen molar-refractivity contribution in [2.24, 2.45) is 11.3 Å². The number of nitrogens with zero attached hydrogens (tertiary/aromatic N) is 1. The van der Waals surface area contributed by atoms with E-state index in [1.165, 1.54) is 0 Å². The van der Waals surface area contributed by atoms with Crippen LogP contribution in [0.1, 0.15) is 27.7 Å². The monoisotopic (exact) mass is 212 g/mol. The molecule has 15 heavy (non-hydrogen) atoms. The fourth-order valence-electron chi connectivity index (χ4n) is 0.980. The predicted molar refractivity (Wildman–Crippen MR) is 58.0 cm³/mol. The number of nitriles is 1. The molecule has 0 rings (SSSR count). The lowest BCUT2D eigenvalue weighted by Gasteiger charge is -2.25. The van der Waals surface area contributed by atoms with E-state index < -0.39 is 5.41 Å². The van der Waals surface area contributed by atoms with Crippen LogP contribution >= 0.6 is 0 Å². The maximum Gasteiger partial charge on any atom is 0.240 e. The van der Waals surface area contributed by atoms with Gasteiger partial charge < -0.3 is 10.1 Å². The van der Waals surface area contributed by atoms with Crippen molar-refractivity contribution in [3.8, 4) is 6.07 Å². The fourth-order valence-corrected chi connectivity index (χ4v) is 0.980. The van der Waals surface area contributed by atoms with Crippen molar-refractivity contribution < 1.29 is 9.53 Å². The van der Waals surface area contributed by atoms with Gasteiger partial charge in [-0.25, -0.2) is 0 Å². The highest BCUT2D eigenvalue weighted by atomic mass is 16.5. The Hall–Kier alpha value is -1.08. The smallest absolute Gasteiger partial charge is 0.240 e. The molecule has 0 radical (unpaired) electrons. The molecule has 1 atom stereocenters. The minimum atomic E-state index is -0.985. The number of ether oxygens (including phenoxy) is 1. The van der Waals surface area contributed by atoms with Crippen molar-refractivity contribution in [1.29, 1.82) is 5.26 Å². The van der Waals surface area contributed by atoms with E-state index in [4.69, 9.17) is 10.00 Å². The van der Waals surface area contributed by atoms with Crippen LogP contribution in [0.5, 0.6) is 0 Å². The molecule has 0 aliphatic rings. The molecule has 4 heteroatoms. The highest BCUT2D eigenvalue weighted by molar-refractivity contribution is 5.84. The molecule has 0 saturated carbocycles. The zero-order valence-electron chi connectivity index (χ0n) is 10.1.